The summed E-state index contributed by atoms with van der Waals surface area (Å²) in [5.74, 6) is 0.856. The Hall–Kier alpha value is -1.35. The molecule has 0 spiro atoms. The third-order valence-electron chi connectivity index (χ3n) is 3.46. The van der Waals surface area contributed by atoms with Crippen molar-refractivity contribution in [2.24, 2.45) is 0 Å². The second kappa shape index (κ2) is 4.07. The molecule has 0 N–H and O–H groups in total. The molecule has 100 valence electrons. The van der Waals surface area contributed by atoms with E-state index in [1.165, 1.54) is 0 Å². The third-order valence-corrected chi connectivity index (χ3v) is 3.78. The summed E-state index contributed by atoms with van der Waals surface area (Å²) in [6.45, 7) is 6.26. The van der Waals surface area contributed by atoms with Gasteiger partial charge in [0.2, 0.25) is 0 Å². The highest BCUT2D eigenvalue weighted by atomic mass is 35.5. The minimum absolute atomic E-state index is 0.00280. The zero-order valence-corrected chi connectivity index (χ0v) is 12.2. The van der Waals surface area contributed by atoms with Crippen LogP contribution in [0, 0.1) is 0 Å². The van der Waals surface area contributed by atoms with Crippen molar-refractivity contribution in [1.82, 2.24) is 9.55 Å². The number of nitrogens with zero attached hydrogens (tertiary/aromatic N) is 2. The lowest BCUT2D eigenvalue weighted by Gasteiger charge is -2.23. The number of hydrogen-bond donors (Lipinski definition) is 0. The lowest BCUT2D eigenvalue weighted by Crippen LogP contribution is -2.31. The van der Waals surface area contributed by atoms with Crippen LogP contribution >= 0.6 is 11.6 Å². The van der Waals surface area contributed by atoms with E-state index in [4.69, 9.17) is 16.6 Å². The van der Waals surface area contributed by atoms with Crippen LogP contribution in [0.4, 0.5) is 0 Å². The fourth-order valence-corrected chi connectivity index (χ4v) is 2.65. The Bertz CT molecular complexity index is 708. The largest absolute Gasteiger partial charge is 0.293 e. The van der Waals surface area contributed by atoms with Crippen molar-refractivity contribution in [2.75, 3.05) is 0 Å². The van der Waals surface area contributed by atoms with Gasteiger partial charge in [0.15, 0.2) is 0 Å². The lowest BCUT2D eigenvalue weighted by atomic mass is 9.95. The van der Waals surface area contributed by atoms with E-state index in [0.717, 1.165) is 18.7 Å². The molecule has 2 aromatic rings. The van der Waals surface area contributed by atoms with E-state index in [0.29, 0.717) is 22.0 Å². The molecule has 1 aliphatic rings. The van der Waals surface area contributed by atoms with E-state index in [9.17, 15) is 4.79 Å². The summed E-state index contributed by atoms with van der Waals surface area (Å²) in [5, 5.41) is 1.04. The Balaban J connectivity index is 2.44. The number of rotatable bonds is 1. The Morgan fingerprint density at radius 1 is 1.32 bits per heavy atom. The van der Waals surface area contributed by atoms with Crippen molar-refractivity contribution in [3.63, 3.8) is 0 Å². The van der Waals surface area contributed by atoms with Gasteiger partial charge < -0.3 is 0 Å². The highest BCUT2D eigenvalue weighted by Crippen LogP contribution is 2.37. The molecule has 4 heteroatoms. The molecule has 1 aromatic heterocycles. The van der Waals surface area contributed by atoms with E-state index in [2.05, 4.69) is 20.8 Å². The lowest BCUT2D eigenvalue weighted by molar-refractivity contribution is 0.485. The first kappa shape index (κ1) is 12.7. The van der Waals surface area contributed by atoms with Crippen molar-refractivity contribution >= 4 is 22.5 Å². The average molecular weight is 277 g/mol. The standard InChI is InChI=1S/C15H17ClN2O/c1-15(2,3)14-17-11-6-4-5-10(16)12(11)13(19)18(14)9-7-8-9/h4-6,9H,7-8H2,1-3H3. The van der Waals surface area contributed by atoms with Crippen LogP contribution in [0.3, 0.4) is 0 Å². The van der Waals surface area contributed by atoms with E-state index in [1.807, 2.05) is 16.7 Å². The molecule has 1 heterocycles. The van der Waals surface area contributed by atoms with Gasteiger partial charge in [-0.3, -0.25) is 9.36 Å². The third kappa shape index (κ3) is 2.06. The maximum Gasteiger partial charge on any atom is 0.263 e. The molecule has 1 aromatic carbocycles. The fraction of sp³-hybridized carbons (Fsp3) is 0.467. The maximum atomic E-state index is 12.7. The molecule has 19 heavy (non-hydrogen) atoms. The molecule has 0 aliphatic heterocycles. The molecule has 1 fully saturated rings. The average Bonchev–Trinajstić information content (AvgIpc) is 3.11. The van der Waals surface area contributed by atoms with Gasteiger partial charge in [-0.15, -0.1) is 0 Å². The van der Waals surface area contributed by atoms with Crippen LogP contribution in [0.1, 0.15) is 45.5 Å². The van der Waals surface area contributed by atoms with Crippen LogP contribution in [0.25, 0.3) is 10.9 Å². The molecule has 1 aliphatic carbocycles. The van der Waals surface area contributed by atoms with Gasteiger partial charge in [-0.05, 0) is 25.0 Å². The number of aromatic nitrogens is 2. The first-order valence-corrected chi connectivity index (χ1v) is 6.98. The highest BCUT2D eigenvalue weighted by molar-refractivity contribution is 6.35. The zero-order valence-electron chi connectivity index (χ0n) is 11.4. The van der Waals surface area contributed by atoms with Crippen molar-refractivity contribution in [3.8, 4) is 0 Å². The molecular weight excluding hydrogens is 260 g/mol. The molecule has 0 unspecified atom stereocenters. The molecule has 3 nitrogen and oxygen atoms in total. The van der Waals surface area contributed by atoms with Gasteiger partial charge in [0.1, 0.15) is 5.82 Å². The normalized spacial score (nSPS) is 16.0. The summed E-state index contributed by atoms with van der Waals surface area (Å²) in [6, 6.07) is 5.75. The predicted octanol–water partition coefficient (Wildman–Crippen LogP) is 3.68. The monoisotopic (exact) mass is 276 g/mol. The summed E-state index contributed by atoms with van der Waals surface area (Å²) in [5.41, 5.74) is 0.542. The van der Waals surface area contributed by atoms with Gasteiger partial charge in [0.25, 0.3) is 5.56 Å². The SMILES string of the molecule is CC(C)(C)c1nc2cccc(Cl)c2c(=O)n1C1CC1. The van der Waals surface area contributed by atoms with Gasteiger partial charge >= 0.3 is 0 Å². The van der Waals surface area contributed by atoms with Gasteiger partial charge in [-0.1, -0.05) is 38.4 Å². The van der Waals surface area contributed by atoms with E-state index < -0.39 is 0 Å². The molecule has 1 saturated carbocycles. The number of hydrogen-bond acceptors (Lipinski definition) is 2. The van der Waals surface area contributed by atoms with Crippen molar-refractivity contribution < 1.29 is 0 Å². The van der Waals surface area contributed by atoms with Crippen molar-refractivity contribution in [1.29, 1.82) is 0 Å². The Labute approximate surface area is 117 Å². The van der Waals surface area contributed by atoms with Crippen LogP contribution < -0.4 is 5.56 Å². The van der Waals surface area contributed by atoms with Gasteiger partial charge in [0, 0.05) is 11.5 Å². The van der Waals surface area contributed by atoms with Crippen LogP contribution in [-0.2, 0) is 5.41 Å². The van der Waals surface area contributed by atoms with E-state index >= 15 is 0 Å². The summed E-state index contributed by atoms with van der Waals surface area (Å²) in [7, 11) is 0. The first-order valence-electron chi connectivity index (χ1n) is 6.61. The van der Waals surface area contributed by atoms with Crippen LogP contribution in [0.5, 0.6) is 0 Å². The summed E-state index contributed by atoms with van der Waals surface area (Å²) in [6.07, 6.45) is 2.11. The number of benzene rings is 1. The zero-order chi connectivity index (χ0) is 13.8. The molecular formula is C15H17ClN2O. The molecule has 3 rings (SSSR count). The fourth-order valence-electron chi connectivity index (χ4n) is 2.40. The second-order valence-corrected chi connectivity index (χ2v) is 6.63. The second-order valence-electron chi connectivity index (χ2n) is 6.23. The first-order chi connectivity index (χ1) is 8.89. The topological polar surface area (TPSA) is 34.9 Å². The smallest absolute Gasteiger partial charge is 0.263 e. The minimum atomic E-state index is -0.155. The maximum absolute atomic E-state index is 12.7. The van der Waals surface area contributed by atoms with E-state index in [1.54, 1.807) is 6.07 Å². The number of halogens is 1. The minimum Gasteiger partial charge on any atom is -0.293 e. The number of fused-ring (bicyclic) bond motifs is 1. The molecule has 0 amide bonds. The van der Waals surface area contributed by atoms with Crippen LogP contribution in [0.15, 0.2) is 23.0 Å². The van der Waals surface area contributed by atoms with Crippen LogP contribution in [-0.4, -0.2) is 9.55 Å². The summed E-state index contributed by atoms with van der Waals surface area (Å²) in [4.78, 5) is 17.4. The molecule has 0 atom stereocenters. The predicted molar refractivity (Wildman–Crippen MR) is 78.0 cm³/mol. The molecule has 0 radical (unpaired) electrons. The van der Waals surface area contributed by atoms with E-state index in [-0.39, 0.29) is 11.0 Å². The van der Waals surface area contributed by atoms with Gasteiger partial charge in [0.05, 0.1) is 15.9 Å². The van der Waals surface area contributed by atoms with Crippen molar-refractivity contribution in [3.05, 3.63) is 39.4 Å². The molecule has 0 saturated heterocycles. The summed E-state index contributed by atoms with van der Waals surface area (Å²) < 4.78 is 1.86. The highest BCUT2D eigenvalue weighted by Gasteiger charge is 2.32. The van der Waals surface area contributed by atoms with Gasteiger partial charge in [-0.25, -0.2) is 4.98 Å². The van der Waals surface area contributed by atoms with Gasteiger partial charge in [-0.2, -0.15) is 0 Å². The van der Waals surface area contributed by atoms with Crippen molar-refractivity contribution in [2.45, 2.75) is 45.1 Å². The van der Waals surface area contributed by atoms with Crippen LogP contribution in [0.2, 0.25) is 5.02 Å². The molecule has 0 bridgehead atoms. The Morgan fingerprint density at radius 2 is 2.00 bits per heavy atom. The Morgan fingerprint density at radius 3 is 2.58 bits per heavy atom. The summed E-state index contributed by atoms with van der Waals surface area (Å²) >= 11 is 6.17. The Kier molecular flexibility index (Phi) is 2.72. The quantitative estimate of drug-likeness (QED) is 0.796.